The molecule has 36 heavy (non-hydrogen) atoms. The Labute approximate surface area is 207 Å². The van der Waals surface area contributed by atoms with Gasteiger partial charge in [0.1, 0.15) is 24.2 Å². The zero-order valence-corrected chi connectivity index (χ0v) is 20.0. The van der Waals surface area contributed by atoms with Crippen LogP contribution < -0.4 is 27.4 Å². The van der Waals surface area contributed by atoms with Gasteiger partial charge in [0.25, 0.3) is 0 Å². The second kappa shape index (κ2) is 12.7. The lowest BCUT2D eigenvalue weighted by Crippen LogP contribution is -2.57. The van der Waals surface area contributed by atoms with Crippen LogP contribution in [0.4, 0.5) is 0 Å². The molecule has 5 atom stereocenters. The normalized spacial score (nSPS) is 15.2. The number of aromatic nitrogens is 1. The van der Waals surface area contributed by atoms with Crippen molar-refractivity contribution in [1.82, 2.24) is 20.9 Å². The molecule has 2 rings (SSSR count). The zero-order valence-electron chi connectivity index (χ0n) is 20.0. The average Bonchev–Trinajstić information content (AvgIpc) is 3.22. The molecule has 5 unspecified atom stereocenters. The van der Waals surface area contributed by atoms with E-state index in [1.54, 1.807) is 6.20 Å². The minimum absolute atomic E-state index is 0.000277. The lowest BCUT2D eigenvalue weighted by molar-refractivity contribution is -0.142. The third-order valence-electron chi connectivity index (χ3n) is 5.60. The first-order valence-corrected chi connectivity index (χ1v) is 11.3. The second-order valence-corrected chi connectivity index (χ2v) is 8.53. The number of benzene rings is 1. The molecule has 1 aromatic carbocycles. The van der Waals surface area contributed by atoms with Crippen LogP contribution in [0.25, 0.3) is 10.9 Å². The van der Waals surface area contributed by atoms with Gasteiger partial charge in [-0.3, -0.25) is 19.2 Å². The summed E-state index contributed by atoms with van der Waals surface area (Å²) in [4.78, 5) is 63.6. The maximum atomic E-state index is 12.7. The summed E-state index contributed by atoms with van der Waals surface area (Å²) in [5, 5.41) is 27.1. The lowest BCUT2D eigenvalue weighted by atomic mass is 10.0. The van der Waals surface area contributed by atoms with Crippen LogP contribution in [0.3, 0.4) is 0 Å². The van der Waals surface area contributed by atoms with Crippen LogP contribution in [0.15, 0.2) is 30.5 Å². The van der Waals surface area contributed by atoms with Crippen molar-refractivity contribution in [2.45, 2.75) is 63.4 Å². The average molecular weight is 505 g/mol. The summed E-state index contributed by atoms with van der Waals surface area (Å²) in [6, 6.07) is 2.27. The van der Waals surface area contributed by atoms with E-state index in [0.29, 0.717) is 5.56 Å². The summed E-state index contributed by atoms with van der Waals surface area (Å²) in [5.74, 6) is -4.39. The number of carbonyl (C=O) groups is 5. The number of rotatable bonds is 13. The van der Waals surface area contributed by atoms with Crippen LogP contribution in [-0.4, -0.2) is 75.1 Å². The molecule has 0 aliphatic rings. The SMILES string of the molecule is CC(NC(=O)C(CCC(N)=O)NC(=O)C(N)C(C)O)C(=O)NC(Cc1c[nH]c2ccccc12)C(=O)O. The highest BCUT2D eigenvalue weighted by molar-refractivity contribution is 5.94. The standard InChI is InChI=1S/C23H32N6O7/c1-11(27-21(33)16(7-8-18(24)31)28-22(34)19(25)12(2)30)20(32)29-17(23(35)36)9-13-10-26-15-6-4-3-5-14(13)15/h3-6,10-12,16-17,19,26,30H,7-9,25H2,1-2H3,(H2,24,31)(H,27,33)(H,28,34)(H,29,32)(H,35,36). The molecule has 0 saturated heterocycles. The number of primary amides is 1. The molecule has 13 nitrogen and oxygen atoms in total. The molecule has 13 heteroatoms. The van der Waals surface area contributed by atoms with Crippen molar-refractivity contribution in [2.24, 2.45) is 11.5 Å². The van der Waals surface area contributed by atoms with Gasteiger partial charge in [0.2, 0.25) is 23.6 Å². The molecular weight excluding hydrogens is 472 g/mol. The molecule has 4 amide bonds. The largest absolute Gasteiger partial charge is 0.480 e. The first-order chi connectivity index (χ1) is 16.9. The van der Waals surface area contributed by atoms with Gasteiger partial charge in [-0.15, -0.1) is 0 Å². The number of carboxylic acids is 1. The molecule has 10 N–H and O–H groups in total. The molecule has 0 fully saturated rings. The Balaban J connectivity index is 2.05. The Kier molecular flexibility index (Phi) is 9.93. The van der Waals surface area contributed by atoms with Crippen molar-refractivity contribution < 1.29 is 34.2 Å². The number of H-pyrrole nitrogens is 1. The van der Waals surface area contributed by atoms with Gasteiger partial charge in [-0.25, -0.2) is 4.79 Å². The Hall–Kier alpha value is -3.97. The number of hydrogen-bond donors (Lipinski definition) is 8. The molecule has 0 bridgehead atoms. The predicted molar refractivity (Wildman–Crippen MR) is 129 cm³/mol. The first-order valence-electron chi connectivity index (χ1n) is 11.3. The van der Waals surface area contributed by atoms with E-state index < -0.39 is 59.9 Å². The van der Waals surface area contributed by atoms with Crippen molar-refractivity contribution in [3.8, 4) is 0 Å². The molecule has 2 aromatic rings. The Bertz CT molecular complexity index is 1120. The van der Waals surface area contributed by atoms with E-state index in [4.69, 9.17) is 11.5 Å². The summed E-state index contributed by atoms with van der Waals surface area (Å²) in [6.07, 6.45) is 0.0581. The van der Waals surface area contributed by atoms with Crippen molar-refractivity contribution >= 4 is 40.5 Å². The van der Waals surface area contributed by atoms with Crippen LogP contribution in [0, 0.1) is 0 Å². The van der Waals surface area contributed by atoms with Crippen LogP contribution >= 0.6 is 0 Å². The van der Waals surface area contributed by atoms with Gasteiger partial charge in [-0.05, 0) is 31.9 Å². The number of aliphatic hydroxyl groups excluding tert-OH is 1. The number of nitrogens with one attached hydrogen (secondary N) is 4. The lowest BCUT2D eigenvalue weighted by Gasteiger charge is -2.24. The number of fused-ring (bicyclic) bond motifs is 1. The van der Waals surface area contributed by atoms with Crippen molar-refractivity contribution in [2.75, 3.05) is 0 Å². The van der Waals surface area contributed by atoms with Crippen LogP contribution in [-0.2, 0) is 30.4 Å². The fourth-order valence-corrected chi connectivity index (χ4v) is 3.44. The molecule has 0 aliphatic carbocycles. The highest BCUT2D eigenvalue weighted by Crippen LogP contribution is 2.19. The topological polar surface area (TPSA) is 230 Å². The number of carboxylic acid groups (broad SMARTS) is 1. The summed E-state index contributed by atoms with van der Waals surface area (Å²) in [7, 11) is 0. The van der Waals surface area contributed by atoms with Gasteiger partial charge in [-0.1, -0.05) is 18.2 Å². The first kappa shape index (κ1) is 28.3. The third kappa shape index (κ3) is 7.78. The van der Waals surface area contributed by atoms with Crippen molar-refractivity contribution in [3.05, 3.63) is 36.0 Å². The van der Waals surface area contributed by atoms with Crippen molar-refractivity contribution in [3.63, 3.8) is 0 Å². The fraction of sp³-hybridized carbons (Fsp3) is 0.435. The number of nitrogens with two attached hydrogens (primary N) is 2. The minimum atomic E-state index is -1.32. The zero-order chi connectivity index (χ0) is 27.0. The van der Waals surface area contributed by atoms with E-state index >= 15 is 0 Å². The van der Waals surface area contributed by atoms with Gasteiger partial charge in [0, 0.05) is 29.9 Å². The van der Waals surface area contributed by atoms with Gasteiger partial charge in [-0.2, -0.15) is 0 Å². The number of carbonyl (C=O) groups excluding carboxylic acids is 4. The third-order valence-corrected chi connectivity index (χ3v) is 5.60. The Morgan fingerprint density at radius 3 is 2.22 bits per heavy atom. The summed E-state index contributed by atoms with van der Waals surface area (Å²) in [6.45, 7) is 2.64. The molecule has 1 heterocycles. The number of hydrogen-bond acceptors (Lipinski definition) is 7. The van der Waals surface area contributed by atoms with Gasteiger partial charge < -0.3 is 42.6 Å². The Morgan fingerprint density at radius 2 is 1.61 bits per heavy atom. The van der Waals surface area contributed by atoms with Gasteiger partial charge in [0.05, 0.1) is 6.10 Å². The molecule has 1 aromatic heterocycles. The molecule has 0 radical (unpaired) electrons. The monoisotopic (exact) mass is 504 g/mol. The highest BCUT2D eigenvalue weighted by atomic mass is 16.4. The number of aliphatic carboxylic acids is 1. The molecule has 0 saturated carbocycles. The van der Waals surface area contributed by atoms with Gasteiger partial charge >= 0.3 is 5.97 Å². The number of para-hydroxylation sites is 1. The molecule has 0 spiro atoms. The minimum Gasteiger partial charge on any atom is -0.480 e. The van der Waals surface area contributed by atoms with Crippen LogP contribution in [0.5, 0.6) is 0 Å². The van der Waals surface area contributed by atoms with Crippen LogP contribution in [0.1, 0.15) is 32.3 Å². The van der Waals surface area contributed by atoms with Gasteiger partial charge in [0.15, 0.2) is 0 Å². The smallest absolute Gasteiger partial charge is 0.326 e. The molecular formula is C23H32N6O7. The van der Waals surface area contributed by atoms with E-state index in [1.165, 1.54) is 13.8 Å². The Morgan fingerprint density at radius 1 is 0.972 bits per heavy atom. The summed E-state index contributed by atoms with van der Waals surface area (Å²) in [5.41, 5.74) is 12.2. The molecule has 196 valence electrons. The quantitative estimate of drug-likeness (QED) is 0.155. The number of aromatic amines is 1. The van der Waals surface area contributed by atoms with E-state index in [9.17, 15) is 34.2 Å². The second-order valence-electron chi connectivity index (χ2n) is 8.53. The van der Waals surface area contributed by atoms with Crippen LogP contribution in [0.2, 0.25) is 0 Å². The van der Waals surface area contributed by atoms with E-state index in [-0.39, 0.29) is 19.3 Å². The van der Waals surface area contributed by atoms with Crippen molar-refractivity contribution in [1.29, 1.82) is 0 Å². The molecule has 0 aliphatic heterocycles. The van der Waals surface area contributed by atoms with E-state index in [0.717, 1.165) is 10.9 Å². The van der Waals surface area contributed by atoms with E-state index in [1.807, 2.05) is 24.3 Å². The number of aliphatic hydroxyl groups is 1. The number of amides is 4. The summed E-state index contributed by atoms with van der Waals surface area (Å²) >= 11 is 0. The van der Waals surface area contributed by atoms with E-state index in [2.05, 4.69) is 20.9 Å². The summed E-state index contributed by atoms with van der Waals surface area (Å²) < 4.78 is 0. The predicted octanol–water partition coefficient (Wildman–Crippen LogP) is -1.76. The maximum absolute atomic E-state index is 12.7. The highest BCUT2D eigenvalue weighted by Gasteiger charge is 2.29. The maximum Gasteiger partial charge on any atom is 0.326 e. The fourth-order valence-electron chi connectivity index (χ4n) is 3.44.